The summed E-state index contributed by atoms with van der Waals surface area (Å²) in [5.41, 5.74) is 0.908. The van der Waals surface area contributed by atoms with E-state index in [0.29, 0.717) is 14.5 Å². The second-order valence-corrected chi connectivity index (χ2v) is 4.61. The molecule has 0 atom stereocenters. The molecule has 0 fully saturated rings. The number of hydrogen-bond donors (Lipinski definition) is 0. The van der Waals surface area contributed by atoms with Crippen LogP contribution in [0.15, 0.2) is 29.2 Å². The van der Waals surface area contributed by atoms with Gasteiger partial charge in [-0.1, -0.05) is 0 Å². The Bertz CT molecular complexity index is 428. The van der Waals surface area contributed by atoms with Crippen LogP contribution < -0.4 is 0 Å². The molecule has 0 spiro atoms. The SMILES string of the molecule is CC(=O)c1c[se]c2ccccc12. The van der Waals surface area contributed by atoms with Crippen molar-refractivity contribution in [3.8, 4) is 0 Å². The topological polar surface area (TPSA) is 17.1 Å². The van der Waals surface area contributed by atoms with Gasteiger partial charge in [0.25, 0.3) is 0 Å². The molecule has 0 N–H and O–H groups in total. The third-order valence-corrected chi connectivity index (χ3v) is 3.88. The molecule has 0 amide bonds. The summed E-state index contributed by atoms with van der Waals surface area (Å²) in [6, 6.07) is 8.13. The molecular formula is C10H8OSe. The van der Waals surface area contributed by atoms with Crippen LogP contribution in [0.2, 0.25) is 0 Å². The van der Waals surface area contributed by atoms with Crippen LogP contribution in [-0.4, -0.2) is 20.3 Å². The molecule has 60 valence electrons. The Balaban J connectivity index is 2.79. The normalized spacial score (nSPS) is 10.4. The van der Waals surface area contributed by atoms with Gasteiger partial charge in [-0.2, -0.15) is 0 Å². The zero-order valence-corrected chi connectivity index (χ0v) is 8.42. The summed E-state index contributed by atoms with van der Waals surface area (Å²) in [6.45, 7) is 1.63. The van der Waals surface area contributed by atoms with E-state index in [1.807, 2.05) is 18.2 Å². The molecule has 0 aliphatic carbocycles. The van der Waals surface area contributed by atoms with E-state index in [0.717, 1.165) is 10.9 Å². The summed E-state index contributed by atoms with van der Waals surface area (Å²) in [4.78, 5) is 13.2. The molecule has 0 aliphatic rings. The molecule has 2 rings (SSSR count). The molecule has 0 radical (unpaired) electrons. The third kappa shape index (κ3) is 1.13. The number of rotatable bonds is 1. The van der Waals surface area contributed by atoms with Crippen LogP contribution in [0.5, 0.6) is 0 Å². The number of carbonyl (C=O) groups is 1. The fourth-order valence-corrected chi connectivity index (χ4v) is 3.35. The molecule has 1 nitrogen and oxygen atoms in total. The maximum atomic E-state index is 11.2. The molecule has 0 saturated heterocycles. The summed E-state index contributed by atoms with van der Waals surface area (Å²) in [7, 11) is 0. The number of hydrogen-bond acceptors (Lipinski definition) is 1. The average molecular weight is 223 g/mol. The van der Waals surface area contributed by atoms with E-state index < -0.39 is 0 Å². The van der Waals surface area contributed by atoms with Crippen LogP contribution >= 0.6 is 0 Å². The molecule has 1 heterocycles. The van der Waals surface area contributed by atoms with Crippen molar-refractivity contribution < 1.29 is 4.79 Å². The fourth-order valence-electron chi connectivity index (χ4n) is 1.25. The summed E-state index contributed by atoms with van der Waals surface area (Å²) in [5.74, 6) is 0.182. The van der Waals surface area contributed by atoms with Crippen LogP contribution in [-0.2, 0) is 0 Å². The van der Waals surface area contributed by atoms with Crippen molar-refractivity contribution in [3.63, 3.8) is 0 Å². The van der Waals surface area contributed by atoms with E-state index in [1.165, 1.54) is 4.26 Å². The van der Waals surface area contributed by atoms with Crippen molar-refractivity contribution in [3.05, 3.63) is 34.8 Å². The summed E-state index contributed by atoms with van der Waals surface area (Å²) < 4.78 is 1.33. The Kier molecular flexibility index (Phi) is 1.87. The number of Topliss-reactive ketones (excluding diaryl/α,β-unsaturated/α-hetero) is 1. The van der Waals surface area contributed by atoms with Gasteiger partial charge in [-0.05, 0) is 0 Å². The number of fused-ring (bicyclic) bond motifs is 1. The van der Waals surface area contributed by atoms with E-state index >= 15 is 0 Å². The summed E-state index contributed by atoms with van der Waals surface area (Å²) in [5, 5.41) is 1.14. The van der Waals surface area contributed by atoms with Gasteiger partial charge >= 0.3 is 76.4 Å². The minimum absolute atomic E-state index is 0.182. The molecule has 0 unspecified atom stereocenters. The Morgan fingerprint density at radius 2 is 2.08 bits per heavy atom. The quantitative estimate of drug-likeness (QED) is 0.534. The van der Waals surface area contributed by atoms with E-state index in [1.54, 1.807) is 6.92 Å². The van der Waals surface area contributed by atoms with E-state index in [4.69, 9.17) is 0 Å². The first kappa shape index (κ1) is 7.78. The first-order valence-corrected chi connectivity index (χ1v) is 5.61. The molecule has 0 bridgehead atoms. The fraction of sp³-hybridized carbons (Fsp3) is 0.100. The Morgan fingerprint density at radius 3 is 2.83 bits per heavy atom. The maximum absolute atomic E-state index is 11.2. The molecule has 1 aromatic carbocycles. The minimum atomic E-state index is 0.182. The number of benzene rings is 1. The van der Waals surface area contributed by atoms with Crippen LogP contribution in [0.1, 0.15) is 17.3 Å². The zero-order chi connectivity index (χ0) is 8.55. The average Bonchev–Trinajstić information content (AvgIpc) is 2.47. The van der Waals surface area contributed by atoms with Crippen molar-refractivity contribution in [1.82, 2.24) is 0 Å². The van der Waals surface area contributed by atoms with Gasteiger partial charge in [0.15, 0.2) is 0 Å². The molecule has 2 heteroatoms. The molecular weight excluding hydrogens is 215 g/mol. The van der Waals surface area contributed by atoms with Gasteiger partial charge in [0.1, 0.15) is 0 Å². The van der Waals surface area contributed by atoms with Crippen molar-refractivity contribution in [2.24, 2.45) is 0 Å². The van der Waals surface area contributed by atoms with Crippen molar-refractivity contribution >= 4 is 29.9 Å². The second kappa shape index (κ2) is 2.89. The van der Waals surface area contributed by atoms with E-state index in [-0.39, 0.29) is 5.78 Å². The predicted octanol–water partition coefficient (Wildman–Crippen LogP) is 2.10. The van der Waals surface area contributed by atoms with Crippen molar-refractivity contribution in [2.45, 2.75) is 6.92 Å². The molecule has 0 saturated carbocycles. The molecule has 12 heavy (non-hydrogen) atoms. The summed E-state index contributed by atoms with van der Waals surface area (Å²) in [6.07, 6.45) is 0. The molecule has 1 aromatic heterocycles. The van der Waals surface area contributed by atoms with Gasteiger partial charge in [-0.15, -0.1) is 0 Å². The van der Waals surface area contributed by atoms with Crippen molar-refractivity contribution in [2.75, 3.05) is 0 Å². The van der Waals surface area contributed by atoms with Gasteiger partial charge in [-0.3, -0.25) is 0 Å². The molecule has 0 aliphatic heterocycles. The van der Waals surface area contributed by atoms with Gasteiger partial charge in [0.2, 0.25) is 0 Å². The van der Waals surface area contributed by atoms with Gasteiger partial charge in [-0.25, -0.2) is 0 Å². The van der Waals surface area contributed by atoms with E-state index in [9.17, 15) is 4.79 Å². The predicted molar refractivity (Wildman–Crippen MR) is 50.9 cm³/mol. The third-order valence-electron chi connectivity index (χ3n) is 1.86. The number of ketones is 1. The Morgan fingerprint density at radius 1 is 1.33 bits per heavy atom. The Labute approximate surface area is 76.8 Å². The second-order valence-electron chi connectivity index (χ2n) is 2.70. The summed E-state index contributed by atoms with van der Waals surface area (Å²) >= 11 is 0.373. The standard InChI is InChI=1S/C10H8OSe/c1-7(11)9-6-12-10-5-3-2-4-8(9)10/h2-6H,1H3. The Hall–Kier alpha value is -0.851. The van der Waals surface area contributed by atoms with Gasteiger partial charge in [0.05, 0.1) is 0 Å². The van der Waals surface area contributed by atoms with Gasteiger partial charge in [0, 0.05) is 0 Å². The van der Waals surface area contributed by atoms with Crippen LogP contribution in [0, 0.1) is 0 Å². The van der Waals surface area contributed by atoms with Crippen molar-refractivity contribution in [1.29, 1.82) is 0 Å². The zero-order valence-electron chi connectivity index (χ0n) is 6.70. The van der Waals surface area contributed by atoms with Crippen LogP contribution in [0.25, 0.3) is 9.65 Å². The van der Waals surface area contributed by atoms with Gasteiger partial charge < -0.3 is 0 Å². The first-order chi connectivity index (χ1) is 5.79. The van der Waals surface area contributed by atoms with E-state index in [2.05, 4.69) is 11.0 Å². The van der Waals surface area contributed by atoms with Crippen LogP contribution in [0.3, 0.4) is 0 Å². The number of carbonyl (C=O) groups excluding carboxylic acids is 1. The monoisotopic (exact) mass is 224 g/mol. The first-order valence-electron chi connectivity index (χ1n) is 3.76. The van der Waals surface area contributed by atoms with Crippen LogP contribution in [0.4, 0.5) is 0 Å². The molecule has 2 aromatic rings.